The summed E-state index contributed by atoms with van der Waals surface area (Å²) in [7, 11) is -3.68. The first-order valence-corrected chi connectivity index (χ1v) is 8.96. The highest BCUT2D eigenvalue weighted by atomic mass is 35.5. The van der Waals surface area contributed by atoms with Crippen molar-refractivity contribution in [2.45, 2.75) is 31.2 Å². The van der Waals surface area contributed by atoms with Crippen molar-refractivity contribution in [2.75, 3.05) is 6.54 Å². The van der Waals surface area contributed by atoms with Crippen molar-refractivity contribution in [3.8, 4) is 0 Å². The van der Waals surface area contributed by atoms with E-state index < -0.39 is 15.6 Å². The highest BCUT2D eigenvalue weighted by molar-refractivity contribution is 7.89. The zero-order valence-corrected chi connectivity index (χ0v) is 14.5. The van der Waals surface area contributed by atoms with E-state index in [-0.39, 0.29) is 10.8 Å². The van der Waals surface area contributed by atoms with Gasteiger partial charge >= 0.3 is 0 Å². The molecule has 0 saturated heterocycles. The van der Waals surface area contributed by atoms with Crippen LogP contribution in [0.2, 0.25) is 5.02 Å². The Morgan fingerprint density at radius 1 is 1.18 bits per heavy atom. The van der Waals surface area contributed by atoms with Crippen LogP contribution in [0.1, 0.15) is 20.8 Å². The number of hydrogen-bond acceptors (Lipinski definition) is 3. The first-order chi connectivity index (χ1) is 10.2. The van der Waals surface area contributed by atoms with Crippen LogP contribution >= 0.6 is 11.6 Å². The average molecular weight is 341 g/mol. The predicted octanol–water partition coefficient (Wildman–Crippen LogP) is 3.14. The van der Waals surface area contributed by atoms with Gasteiger partial charge in [-0.15, -0.1) is 0 Å². The van der Waals surface area contributed by atoms with Crippen LogP contribution in [0.3, 0.4) is 0 Å². The Kier molecular flexibility index (Phi) is 4.82. The van der Waals surface area contributed by atoms with Crippen molar-refractivity contribution in [3.05, 3.63) is 41.4 Å². The third-order valence-electron chi connectivity index (χ3n) is 4.10. The lowest BCUT2D eigenvalue weighted by molar-refractivity contribution is 0.320. The molecule has 0 saturated carbocycles. The molecular weight excluding hydrogens is 320 g/mol. The maximum atomic E-state index is 12.8. The van der Waals surface area contributed by atoms with E-state index in [1.54, 1.807) is 30.3 Å². The van der Waals surface area contributed by atoms with Gasteiger partial charge in [0.25, 0.3) is 0 Å². The summed E-state index contributed by atoms with van der Waals surface area (Å²) in [5, 5.41) is 1.86. The number of nitrogens with one attached hydrogen (secondary N) is 1. The van der Waals surface area contributed by atoms with Crippen LogP contribution < -0.4 is 10.5 Å². The van der Waals surface area contributed by atoms with E-state index in [9.17, 15) is 8.42 Å². The van der Waals surface area contributed by atoms with Gasteiger partial charge in [-0.05, 0) is 38.4 Å². The SMILES string of the molecule is CC(CN)C(C)(C)NS(=O)(=O)c1cccc2c(Cl)cccc12. The van der Waals surface area contributed by atoms with Crippen LogP contribution in [-0.2, 0) is 10.0 Å². The summed E-state index contributed by atoms with van der Waals surface area (Å²) < 4.78 is 28.4. The zero-order valence-electron chi connectivity index (χ0n) is 12.9. The second-order valence-electron chi connectivity index (χ2n) is 6.06. The minimum Gasteiger partial charge on any atom is -0.330 e. The second kappa shape index (κ2) is 6.16. The molecule has 0 amide bonds. The number of hydrogen-bond donors (Lipinski definition) is 2. The molecule has 0 aliphatic heterocycles. The molecule has 0 spiro atoms. The Labute approximate surface area is 136 Å². The molecule has 0 heterocycles. The molecule has 0 fully saturated rings. The number of fused-ring (bicyclic) bond motifs is 1. The minimum atomic E-state index is -3.68. The molecule has 4 nitrogen and oxygen atoms in total. The lowest BCUT2D eigenvalue weighted by atomic mass is 9.90. The van der Waals surface area contributed by atoms with Gasteiger partial charge in [0.1, 0.15) is 0 Å². The number of benzene rings is 2. The van der Waals surface area contributed by atoms with Gasteiger partial charge in [0.2, 0.25) is 10.0 Å². The average Bonchev–Trinajstić information content (AvgIpc) is 2.45. The van der Waals surface area contributed by atoms with Crippen LogP contribution in [0.4, 0.5) is 0 Å². The van der Waals surface area contributed by atoms with Crippen molar-refractivity contribution in [1.29, 1.82) is 0 Å². The Bertz CT molecular complexity index is 788. The third kappa shape index (κ3) is 3.27. The maximum absolute atomic E-state index is 12.8. The first-order valence-electron chi connectivity index (χ1n) is 7.10. The van der Waals surface area contributed by atoms with Crippen LogP contribution in [0, 0.1) is 5.92 Å². The molecule has 0 aliphatic rings. The lowest BCUT2D eigenvalue weighted by Gasteiger charge is -2.32. The van der Waals surface area contributed by atoms with Crippen molar-refractivity contribution >= 4 is 32.4 Å². The Morgan fingerprint density at radius 3 is 2.41 bits per heavy atom. The van der Waals surface area contributed by atoms with Gasteiger partial charge in [-0.3, -0.25) is 0 Å². The fourth-order valence-electron chi connectivity index (χ4n) is 2.27. The molecular formula is C16H21ClN2O2S. The van der Waals surface area contributed by atoms with E-state index in [0.717, 1.165) is 5.39 Å². The van der Waals surface area contributed by atoms with Crippen LogP contribution in [0.25, 0.3) is 10.8 Å². The van der Waals surface area contributed by atoms with Crippen LogP contribution in [0.15, 0.2) is 41.3 Å². The number of nitrogens with two attached hydrogens (primary N) is 1. The Morgan fingerprint density at radius 2 is 1.77 bits per heavy atom. The summed E-state index contributed by atoms with van der Waals surface area (Å²) in [5.41, 5.74) is 5.03. The largest absolute Gasteiger partial charge is 0.330 e. The van der Waals surface area contributed by atoms with Gasteiger partial charge in [-0.2, -0.15) is 0 Å². The number of sulfonamides is 1. The van der Waals surface area contributed by atoms with Gasteiger partial charge in [0, 0.05) is 21.3 Å². The maximum Gasteiger partial charge on any atom is 0.241 e. The van der Waals surface area contributed by atoms with Gasteiger partial charge in [0.15, 0.2) is 0 Å². The second-order valence-corrected chi connectivity index (χ2v) is 8.11. The van der Waals surface area contributed by atoms with Crippen molar-refractivity contribution in [3.63, 3.8) is 0 Å². The zero-order chi connectivity index (χ0) is 16.5. The van der Waals surface area contributed by atoms with Crippen LogP contribution in [0.5, 0.6) is 0 Å². The molecule has 2 rings (SSSR count). The summed E-state index contributed by atoms with van der Waals surface area (Å²) in [6.45, 7) is 5.99. The number of rotatable bonds is 5. The summed E-state index contributed by atoms with van der Waals surface area (Å²) >= 11 is 6.15. The summed E-state index contributed by atoms with van der Waals surface area (Å²) in [5.74, 6) is 0.000777. The van der Waals surface area contributed by atoms with Crippen molar-refractivity contribution in [2.24, 2.45) is 11.7 Å². The predicted molar refractivity (Wildman–Crippen MR) is 91.6 cm³/mol. The normalized spacial score (nSPS) is 14.2. The minimum absolute atomic E-state index is 0.000777. The molecule has 6 heteroatoms. The third-order valence-corrected chi connectivity index (χ3v) is 6.16. The highest BCUT2D eigenvalue weighted by Crippen LogP contribution is 2.29. The van der Waals surface area contributed by atoms with Gasteiger partial charge in [0.05, 0.1) is 4.90 Å². The number of halogens is 1. The van der Waals surface area contributed by atoms with Gasteiger partial charge < -0.3 is 5.73 Å². The van der Waals surface area contributed by atoms with E-state index in [1.807, 2.05) is 26.8 Å². The first kappa shape index (κ1) is 17.2. The van der Waals surface area contributed by atoms with E-state index >= 15 is 0 Å². The molecule has 1 atom stereocenters. The summed E-state index contributed by atoms with van der Waals surface area (Å²) in [6, 6.07) is 10.3. The molecule has 2 aromatic carbocycles. The van der Waals surface area contributed by atoms with Crippen molar-refractivity contribution in [1.82, 2.24) is 4.72 Å². The summed E-state index contributed by atoms with van der Waals surface area (Å²) in [6.07, 6.45) is 0. The molecule has 0 aromatic heterocycles. The van der Waals surface area contributed by atoms with Gasteiger partial charge in [-0.25, -0.2) is 13.1 Å². The quantitative estimate of drug-likeness (QED) is 0.878. The lowest BCUT2D eigenvalue weighted by Crippen LogP contribution is -2.50. The fraction of sp³-hybridized carbons (Fsp3) is 0.375. The molecule has 2 aromatic rings. The monoisotopic (exact) mass is 340 g/mol. The van der Waals surface area contributed by atoms with Crippen LogP contribution in [-0.4, -0.2) is 20.5 Å². The van der Waals surface area contributed by atoms with Gasteiger partial charge in [-0.1, -0.05) is 42.8 Å². The Balaban J connectivity index is 2.54. The van der Waals surface area contributed by atoms with E-state index in [4.69, 9.17) is 17.3 Å². The molecule has 0 radical (unpaired) electrons. The molecule has 0 bridgehead atoms. The molecule has 1 unspecified atom stereocenters. The smallest absolute Gasteiger partial charge is 0.241 e. The molecule has 120 valence electrons. The Hall–Kier alpha value is -1.14. The summed E-state index contributed by atoms with van der Waals surface area (Å²) in [4.78, 5) is 0.227. The van der Waals surface area contributed by atoms with E-state index in [1.165, 1.54) is 0 Å². The highest BCUT2D eigenvalue weighted by Gasteiger charge is 2.31. The topological polar surface area (TPSA) is 72.2 Å². The van der Waals surface area contributed by atoms with Crippen molar-refractivity contribution < 1.29 is 8.42 Å². The fourth-order valence-corrected chi connectivity index (χ4v) is 4.24. The molecule has 3 N–H and O–H groups in total. The standard InChI is InChI=1S/C16H21ClN2O2S/c1-11(10-18)16(2,3)19-22(20,21)15-9-5-6-12-13(15)7-4-8-14(12)17/h4-9,11,19H,10,18H2,1-3H3. The molecule has 22 heavy (non-hydrogen) atoms. The van der Waals surface area contributed by atoms with E-state index in [0.29, 0.717) is 17.0 Å². The van der Waals surface area contributed by atoms with E-state index in [2.05, 4.69) is 4.72 Å². The molecule has 0 aliphatic carbocycles.